The lowest BCUT2D eigenvalue weighted by Crippen LogP contribution is -2.04. The summed E-state index contributed by atoms with van der Waals surface area (Å²) in [6.07, 6.45) is 4.89. The molecule has 0 fully saturated rings. The first-order chi connectivity index (χ1) is 24.3. The number of benzene rings is 9. The summed E-state index contributed by atoms with van der Waals surface area (Å²) in [5.74, 6) is 0. The van der Waals surface area contributed by atoms with Crippen LogP contribution in [-0.2, 0) is 12.8 Å². The number of thiophene rings is 1. The van der Waals surface area contributed by atoms with Gasteiger partial charge in [0.15, 0.2) is 0 Å². The topological polar surface area (TPSA) is 0 Å². The highest BCUT2D eigenvalue weighted by Gasteiger charge is 2.25. The second-order valence-electron chi connectivity index (χ2n) is 13.8. The largest absolute Gasteiger partial charge is 0.134 e. The molecule has 0 bridgehead atoms. The van der Waals surface area contributed by atoms with Crippen LogP contribution in [0.5, 0.6) is 0 Å². The molecule has 10 aromatic rings. The summed E-state index contributed by atoms with van der Waals surface area (Å²) in [6.45, 7) is 0. The van der Waals surface area contributed by atoms with Gasteiger partial charge in [0.1, 0.15) is 0 Å². The van der Waals surface area contributed by atoms with Crippen molar-refractivity contribution in [3.8, 4) is 32.7 Å². The van der Waals surface area contributed by atoms with E-state index in [0.717, 1.165) is 6.42 Å². The Balaban J connectivity index is 1.29. The fraction of sp³-hybridized carbons (Fsp3) is 0.0833. The molecule has 49 heavy (non-hydrogen) atoms. The van der Waals surface area contributed by atoms with Gasteiger partial charge in [-0.3, -0.25) is 0 Å². The summed E-state index contributed by atoms with van der Waals surface area (Å²) in [4.78, 5) is 1.35. The second kappa shape index (κ2) is 10.5. The number of hydrogen-bond donors (Lipinski definition) is 0. The Labute approximate surface area is 289 Å². The van der Waals surface area contributed by atoms with Crippen molar-refractivity contribution in [2.75, 3.05) is 0 Å². The molecule has 0 unspecified atom stereocenters. The molecule has 1 heteroatoms. The van der Waals surface area contributed by atoms with Crippen LogP contribution in [0.15, 0.2) is 146 Å². The highest BCUT2D eigenvalue weighted by molar-refractivity contribution is 7.23. The van der Waals surface area contributed by atoms with E-state index in [1.807, 2.05) is 11.3 Å². The van der Waals surface area contributed by atoms with Crippen LogP contribution >= 0.6 is 11.3 Å². The molecule has 0 aliphatic heterocycles. The molecule has 0 N–H and O–H groups in total. The van der Waals surface area contributed by atoms with E-state index in [0.29, 0.717) is 0 Å². The maximum atomic E-state index is 2.38. The Morgan fingerprint density at radius 3 is 1.71 bits per heavy atom. The van der Waals surface area contributed by atoms with Crippen molar-refractivity contribution in [2.24, 2.45) is 0 Å². The molecule has 1 aliphatic carbocycles. The van der Waals surface area contributed by atoms with Crippen molar-refractivity contribution in [3.63, 3.8) is 0 Å². The van der Waals surface area contributed by atoms with Gasteiger partial charge in [0.25, 0.3) is 0 Å². The van der Waals surface area contributed by atoms with Gasteiger partial charge >= 0.3 is 0 Å². The first-order valence-corrected chi connectivity index (χ1v) is 18.4. The van der Waals surface area contributed by atoms with E-state index in [-0.39, 0.29) is 0 Å². The molecule has 0 saturated carbocycles. The molecule has 1 heterocycles. The van der Waals surface area contributed by atoms with Crippen molar-refractivity contribution >= 4 is 75.3 Å². The van der Waals surface area contributed by atoms with Crippen LogP contribution in [-0.4, -0.2) is 0 Å². The number of fused-ring (bicyclic) bond motifs is 4. The summed E-state index contributed by atoms with van der Waals surface area (Å²) in [5, 5.41) is 14.6. The zero-order valence-electron chi connectivity index (χ0n) is 27.1. The van der Waals surface area contributed by atoms with E-state index < -0.39 is 0 Å². The molecule has 1 aromatic heterocycles. The van der Waals surface area contributed by atoms with Gasteiger partial charge in [0.2, 0.25) is 0 Å². The summed E-state index contributed by atoms with van der Waals surface area (Å²) in [5.41, 5.74) is 9.89. The first kappa shape index (κ1) is 27.5. The summed E-state index contributed by atoms with van der Waals surface area (Å²) < 4.78 is 1.33. The van der Waals surface area contributed by atoms with Gasteiger partial charge in [0, 0.05) is 26.1 Å². The zero-order valence-corrected chi connectivity index (χ0v) is 27.9. The first-order valence-electron chi connectivity index (χ1n) is 17.6. The fourth-order valence-electron chi connectivity index (χ4n) is 9.12. The van der Waals surface area contributed by atoms with Gasteiger partial charge < -0.3 is 0 Å². The molecule has 1 aliphatic rings. The van der Waals surface area contributed by atoms with Gasteiger partial charge in [-0.1, -0.05) is 140 Å². The molecular weight excluding hydrogens is 609 g/mol. The van der Waals surface area contributed by atoms with Crippen LogP contribution in [0.2, 0.25) is 0 Å². The number of rotatable bonds is 3. The van der Waals surface area contributed by atoms with Crippen molar-refractivity contribution in [2.45, 2.75) is 25.7 Å². The molecule has 230 valence electrons. The zero-order chi connectivity index (χ0) is 32.1. The monoisotopic (exact) mass is 640 g/mol. The summed E-state index contributed by atoms with van der Waals surface area (Å²) in [7, 11) is 0. The van der Waals surface area contributed by atoms with Crippen molar-refractivity contribution in [1.29, 1.82) is 0 Å². The van der Waals surface area contributed by atoms with Crippen LogP contribution in [0.4, 0.5) is 0 Å². The van der Waals surface area contributed by atoms with Crippen LogP contribution in [0, 0.1) is 0 Å². The Kier molecular flexibility index (Phi) is 5.88. The maximum Gasteiger partial charge on any atom is 0.0446 e. The molecule has 9 aromatic carbocycles. The van der Waals surface area contributed by atoms with Gasteiger partial charge in [-0.05, 0) is 113 Å². The van der Waals surface area contributed by atoms with Crippen molar-refractivity contribution < 1.29 is 0 Å². The van der Waals surface area contributed by atoms with Gasteiger partial charge in [-0.25, -0.2) is 0 Å². The maximum absolute atomic E-state index is 2.38. The molecule has 11 rings (SSSR count). The summed E-state index contributed by atoms with van der Waals surface area (Å²) >= 11 is 1.95. The molecule has 0 spiro atoms. The van der Waals surface area contributed by atoms with Crippen molar-refractivity contribution in [3.05, 3.63) is 157 Å². The Bertz CT molecular complexity index is 2870. The van der Waals surface area contributed by atoms with Gasteiger partial charge in [0.05, 0.1) is 0 Å². The number of hydrogen-bond acceptors (Lipinski definition) is 1. The lowest BCUT2D eigenvalue weighted by atomic mass is 9.81. The Morgan fingerprint density at radius 1 is 0.367 bits per heavy atom. The average molecular weight is 641 g/mol. The summed E-state index contributed by atoms with van der Waals surface area (Å²) in [6, 6.07) is 55.1. The van der Waals surface area contributed by atoms with Gasteiger partial charge in [-0.15, -0.1) is 11.3 Å². The minimum Gasteiger partial charge on any atom is -0.134 e. The molecule has 0 amide bonds. The van der Waals surface area contributed by atoms with Crippen molar-refractivity contribution in [1.82, 2.24) is 0 Å². The van der Waals surface area contributed by atoms with E-state index in [1.165, 1.54) is 121 Å². The Hall–Kier alpha value is -5.50. The molecule has 0 radical (unpaired) electrons. The van der Waals surface area contributed by atoms with Gasteiger partial charge in [-0.2, -0.15) is 0 Å². The molecule has 0 atom stereocenters. The van der Waals surface area contributed by atoms with Crippen LogP contribution in [0.1, 0.15) is 24.0 Å². The van der Waals surface area contributed by atoms with Crippen LogP contribution in [0.25, 0.3) is 96.6 Å². The Morgan fingerprint density at radius 2 is 0.959 bits per heavy atom. The highest BCUT2D eigenvalue weighted by atomic mass is 32.1. The third-order valence-corrected chi connectivity index (χ3v) is 12.4. The quantitative estimate of drug-likeness (QED) is 0.133. The molecule has 0 saturated heterocycles. The van der Waals surface area contributed by atoms with E-state index in [4.69, 9.17) is 0 Å². The van der Waals surface area contributed by atoms with Crippen LogP contribution < -0.4 is 0 Å². The predicted octanol–water partition coefficient (Wildman–Crippen LogP) is 14.0. The standard InChI is InChI=1S/C48H32S/c1-2-15-33-29(11-1)12-10-21-34(33)45-35-16-3-5-18-37(35)46(38-19-6-4-17-36(38)45)48-47(41-20-7-8-22-42(41)49-48)40-28-26-32-24-23-30-13-9-14-31-25-27-39(40)44(32)43(30)31/h3-10,12-14,16-28H,1-2,11,15H2. The lowest BCUT2D eigenvalue weighted by Gasteiger charge is -2.23. The van der Waals surface area contributed by atoms with E-state index in [1.54, 1.807) is 5.56 Å². The van der Waals surface area contributed by atoms with E-state index in [2.05, 4.69) is 146 Å². The SMILES string of the molecule is c1cc2c(c(-c3c4ccccc4c(-c4sc5ccccc5c4-c4ccc5ccc6cccc7ccc4c5c67)c4ccccc34)c1)CCCC2. The molecular formula is C48H32S. The van der Waals surface area contributed by atoms with E-state index >= 15 is 0 Å². The smallest absolute Gasteiger partial charge is 0.0446 e. The van der Waals surface area contributed by atoms with Crippen LogP contribution in [0.3, 0.4) is 0 Å². The average Bonchev–Trinajstić information content (AvgIpc) is 3.54. The van der Waals surface area contributed by atoms with E-state index in [9.17, 15) is 0 Å². The minimum atomic E-state index is 1.16. The second-order valence-corrected chi connectivity index (χ2v) is 14.8. The lowest BCUT2D eigenvalue weighted by molar-refractivity contribution is 0.687. The number of aryl methyl sites for hydroxylation is 1. The predicted molar refractivity (Wildman–Crippen MR) is 213 cm³/mol. The molecule has 0 nitrogen and oxygen atoms in total. The fourth-order valence-corrected chi connectivity index (χ4v) is 10.4. The minimum absolute atomic E-state index is 1.16. The third kappa shape index (κ3) is 3.91. The third-order valence-electron chi connectivity index (χ3n) is 11.2. The normalized spacial score (nSPS) is 13.4. The highest BCUT2D eigenvalue weighted by Crippen LogP contribution is 2.53.